The summed E-state index contributed by atoms with van der Waals surface area (Å²) in [7, 11) is 0. The normalized spacial score (nSPS) is 9.83. The van der Waals surface area contributed by atoms with Gasteiger partial charge in [0.05, 0.1) is 0 Å². The highest BCUT2D eigenvalue weighted by Crippen LogP contribution is 2.12. The molecule has 2 aromatic carbocycles. The lowest BCUT2D eigenvalue weighted by atomic mass is 10.1. The van der Waals surface area contributed by atoms with Gasteiger partial charge in [0, 0.05) is 20.4 Å². The third-order valence-corrected chi connectivity index (χ3v) is 3.13. The molecule has 0 saturated carbocycles. The highest BCUT2D eigenvalue weighted by atomic mass is 127. The van der Waals surface area contributed by atoms with Crippen LogP contribution < -0.4 is 5.32 Å². The van der Waals surface area contributed by atoms with Crippen LogP contribution in [0.1, 0.15) is 20.7 Å². The second-order valence-corrected chi connectivity index (χ2v) is 4.95. The summed E-state index contributed by atoms with van der Waals surface area (Å²) < 4.78 is 1.11. The van der Waals surface area contributed by atoms with Gasteiger partial charge in [0.2, 0.25) is 0 Å². The van der Waals surface area contributed by atoms with Crippen molar-refractivity contribution in [3.63, 3.8) is 0 Å². The molecule has 3 nitrogen and oxygen atoms in total. The Bertz CT molecular complexity index is 561. The fourth-order valence-electron chi connectivity index (χ4n) is 1.45. The molecule has 0 aliphatic carbocycles. The molecule has 0 spiro atoms. The van der Waals surface area contributed by atoms with E-state index in [-0.39, 0.29) is 5.91 Å². The number of amides is 1. The van der Waals surface area contributed by atoms with Gasteiger partial charge in [-0.15, -0.1) is 0 Å². The molecule has 2 rings (SSSR count). The first-order chi connectivity index (χ1) is 8.69. The van der Waals surface area contributed by atoms with Gasteiger partial charge in [-0.1, -0.05) is 12.1 Å². The molecule has 0 aromatic heterocycles. The number of rotatable bonds is 3. The molecule has 0 bridgehead atoms. The molecule has 0 aliphatic rings. The fourth-order valence-corrected chi connectivity index (χ4v) is 1.81. The van der Waals surface area contributed by atoms with Crippen molar-refractivity contribution in [2.24, 2.45) is 0 Å². The van der Waals surface area contributed by atoms with Crippen LogP contribution in [0.15, 0.2) is 48.5 Å². The Balaban J connectivity index is 2.11. The van der Waals surface area contributed by atoms with E-state index in [1.165, 1.54) is 0 Å². The zero-order valence-corrected chi connectivity index (χ0v) is 11.5. The van der Waals surface area contributed by atoms with Crippen molar-refractivity contribution < 1.29 is 9.59 Å². The van der Waals surface area contributed by atoms with Crippen LogP contribution in [-0.2, 0) is 0 Å². The summed E-state index contributed by atoms with van der Waals surface area (Å²) in [4.78, 5) is 22.4. The number of carbonyl (C=O) groups is 2. The minimum absolute atomic E-state index is 0.186. The Morgan fingerprint density at radius 3 is 2.17 bits per heavy atom. The Morgan fingerprint density at radius 2 is 1.61 bits per heavy atom. The average molecular weight is 351 g/mol. The molecule has 0 radical (unpaired) electrons. The molecule has 0 unspecified atom stereocenters. The summed E-state index contributed by atoms with van der Waals surface area (Å²) in [5.41, 5.74) is 1.83. The second kappa shape index (κ2) is 5.77. The van der Waals surface area contributed by atoms with E-state index in [4.69, 9.17) is 0 Å². The van der Waals surface area contributed by atoms with Crippen LogP contribution in [0.5, 0.6) is 0 Å². The zero-order valence-electron chi connectivity index (χ0n) is 9.39. The summed E-state index contributed by atoms with van der Waals surface area (Å²) in [6.07, 6.45) is 0.751. The van der Waals surface area contributed by atoms with Gasteiger partial charge in [0.15, 0.2) is 0 Å². The van der Waals surface area contributed by atoms with Gasteiger partial charge in [-0.05, 0) is 59.0 Å². The number of nitrogens with one attached hydrogen (secondary N) is 1. The average Bonchev–Trinajstić information content (AvgIpc) is 2.41. The first-order valence-electron chi connectivity index (χ1n) is 5.31. The topological polar surface area (TPSA) is 46.2 Å². The summed E-state index contributed by atoms with van der Waals surface area (Å²) in [6, 6.07) is 14.0. The lowest BCUT2D eigenvalue weighted by molar-refractivity contribution is 0.102. The number of carbonyl (C=O) groups excluding carboxylic acids is 2. The first-order valence-corrected chi connectivity index (χ1v) is 6.39. The lowest BCUT2D eigenvalue weighted by Crippen LogP contribution is -2.11. The molecule has 0 fully saturated rings. The number of aldehydes is 1. The van der Waals surface area contributed by atoms with E-state index in [2.05, 4.69) is 27.9 Å². The monoisotopic (exact) mass is 351 g/mol. The highest BCUT2D eigenvalue weighted by Gasteiger charge is 2.05. The molecule has 1 N–H and O–H groups in total. The quantitative estimate of drug-likeness (QED) is 0.681. The molecule has 90 valence electrons. The van der Waals surface area contributed by atoms with Crippen molar-refractivity contribution in [1.82, 2.24) is 0 Å². The summed E-state index contributed by atoms with van der Waals surface area (Å²) in [5.74, 6) is -0.186. The molecule has 2 aromatic rings. The highest BCUT2D eigenvalue weighted by molar-refractivity contribution is 14.1. The Morgan fingerprint density at radius 1 is 1.00 bits per heavy atom. The molecule has 18 heavy (non-hydrogen) atoms. The van der Waals surface area contributed by atoms with Crippen LogP contribution in [-0.4, -0.2) is 12.2 Å². The van der Waals surface area contributed by atoms with Crippen molar-refractivity contribution >= 4 is 40.5 Å². The standard InChI is InChI=1S/C14H10INO2/c15-12-5-7-13(8-6-12)16-14(18)11-3-1-10(9-17)2-4-11/h1-9H,(H,16,18). The molecule has 0 saturated heterocycles. The minimum atomic E-state index is -0.186. The smallest absolute Gasteiger partial charge is 0.255 e. The van der Waals surface area contributed by atoms with E-state index in [0.717, 1.165) is 15.5 Å². The van der Waals surface area contributed by atoms with E-state index in [0.29, 0.717) is 11.1 Å². The second-order valence-electron chi connectivity index (χ2n) is 3.70. The van der Waals surface area contributed by atoms with Crippen LogP contribution in [0.2, 0.25) is 0 Å². The molecule has 0 aliphatic heterocycles. The maximum Gasteiger partial charge on any atom is 0.255 e. The van der Waals surface area contributed by atoms with Crippen molar-refractivity contribution in [1.29, 1.82) is 0 Å². The van der Waals surface area contributed by atoms with Gasteiger partial charge >= 0.3 is 0 Å². The Kier molecular flexibility index (Phi) is 4.09. The number of hydrogen-bond acceptors (Lipinski definition) is 2. The fraction of sp³-hybridized carbons (Fsp3) is 0. The first kappa shape index (κ1) is 12.8. The van der Waals surface area contributed by atoms with E-state index in [9.17, 15) is 9.59 Å². The molecule has 0 heterocycles. The van der Waals surface area contributed by atoms with Crippen LogP contribution in [0.3, 0.4) is 0 Å². The SMILES string of the molecule is O=Cc1ccc(C(=O)Nc2ccc(I)cc2)cc1. The van der Waals surface area contributed by atoms with Crippen molar-refractivity contribution in [3.8, 4) is 0 Å². The third kappa shape index (κ3) is 3.16. The number of hydrogen-bond donors (Lipinski definition) is 1. The van der Waals surface area contributed by atoms with Crippen molar-refractivity contribution in [2.75, 3.05) is 5.32 Å². The number of anilines is 1. The molecule has 4 heteroatoms. The molecular weight excluding hydrogens is 341 g/mol. The van der Waals surface area contributed by atoms with E-state index in [1.807, 2.05) is 24.3 Å². The van der Waals surface area contributed by atoms with E-state index >= 15 is 0 Å². The van der Waals surface area contributed by atoms with Gasteiger partial charge in [-0.3, -0.25) is 9.59 Å². The molecular formula is C14H10INO2. The van der Waals surface area contributed by atoms with Crippen LogP contribution in [0, 0.1) is 3.57 Å². The zero-order chi connectivity index (χ0) is 13.0. The van der Waals surface area contributed by atoms with Gasteiger partial charge in [0.25, 0.3) is 5.91 Å². The van der Waals surface area contributed by atoms with Crippen molar-refractivity contribution in [3.05, 3.63) is 63.2 Å². The van der Waals surface area contributed by atoms with E-state index in [1.54, 1.807) is 24.3 Å². The predicted octanol–water partition coefficient (Wildman–Crippen LogP) is 3.36. The van der Waals surface area contributed by atoms with Gasteiger partial charge < -0.3 is 5.32 Å². The lowest BCUT2D eigenvalue weighted by Gasteiger charge is -2.05. The van der Waals surface area contributed by atoms with Gasteiger partial charge in [-0.2, -0.15) is 0 Å². The number of benzene rings is 2. The largest absolute Gasteiger partial charge is 0.322 e. The molecule has 0 atom stereocenters. The Labute approximate surface area is 118 Å². The van der Waals surface area contributed by atoms with Gasteiger partial charge in [0.1, 0.15) is 6.29 Å². The summed E-state index contributed by atoms with van der Waals surface area (Å²) in [6.45, 7) is 0. The van der Waals surface area contributed by atoms with Crippen LogP contribution in [0.4, 0.5) is 5.69 Å². The van der Waals surface area contributed by atoms with E-state index < -0.39 is 0 Å². The molecule has 1 amide bonds. The predicted molar refractivity (Wildman–Crippen MR) is 78.9 cm³/mol. The Hall–Kier alpha value is -1.69. The maximum absolute atomic E-state index is 11.9. The van der Waals surface area contributed by atoms with Crippen LogP contribution >= 0.6 is 22.6 Å². The van der Waals surface area contributed by atoms with Gasteiger partial charge in [-0.25, -0.2) is 0 Å². The number of halogens is 1. The minimum Gasteiger partial charge on any atom is -0.322 e. The summed E-state index contributed by atoms with van der Waals surface area (Å²) >= 11 is 2.20. The summed E-state index contributed by atoms with van der Waals surface area (Å²) in [5, 5.41) is 2.79. The maximum atomic E-state index is 11.9. The van der Waals surface area contributed by atoms with Crippen molar-refractivity contribution in [2.45, 2.75) is 0 Å². The van der Waals surface area contributed by atoms with Crippen LogP contribution in [0.25, 0.3) is 0 Å². The third-order valence-electron chi connectivity index (χ3n) is 2.41.